The second-order valence-electron chi connectivity index (χ2n) is 6.13. The molecule has 0 aromatic heterocycles. The second kappa shape index (κ2) is 6.11. The lowest BCUT2D eigenvalue weighted by molar-refractivity contribution is 0.300. The van der Waals surface area contributed by atoms with E-state index < -0.39 is 9.84 Å². The maximum atomic E-state index is 12.8. The van der Waals surface area contributed by atoms with E-state index in [1.54, 1.807) is 36.4 Å². The van der Waals surface area contributed by atoms with Gasteiger partial charge in [-0.25, -0.2) is 8.42 Å². The summed E-state index contributed by atoms with van der Waals surface area (Å²) < 4.78 is 31.3. The lowest BCUT2D eigenvalue weighted by Gasteiger charge is -2.35. The summed E-state index contributed by atoms with van der Waals surface area (Å²) in [6, 6.07) is 14.2. The number of nitrogens with zero attached hydrogens (tertiary/aromatic N) is 1. The maximum absolute atomic E-state index is 12.8. The molecule has 0 aliphatic carbocycles. The molecule has 1 saturated heterocycles. The van der Waals surface area contributed by atoms with Crippen molar-refractivity contribution in [2.75, 3.05) is 31.1 Å². The SMILES string of the molecule is O=S(=O)(c1ccccc1)c1ccc2c(c1)OCCN2[C@@H]1CCNC1. The summed E-state index contributed by atoms with van der Waals surface area (Å²) in [4.78, 5) is 2.91. The Morgan fingerprint density at radius 3 is 2.67 bits per heavy atom. The fourth-order valence-corrected chi connectivity index (χ4v) is 4.71. The van der Waals surface area contributed by atoms with Crippen molar-refractivity contribution >= 4 is 15.5 Å². The zero-order chi connectivity index (χ0) is 16.6. The fraction of sp³-hybridized carbons (Fsp3) is 0.333. The van der Waals surface area contributed by atoms with Gasteiger partial charge in [-0.1, -0.05) is 18.2 Å². The number of hydrogen-bond donors (Lipinski definition) is 1. The molecule has 0 saturated carbocycles. The summed E-state index contributed by atoms with van der Waals surface area (Å²) in [6.07, 6.45) is 1.10. The molecule has 6 heteroatoms. The van der Waals surface area contributed by atoms with Crippen molar-refractivity contribution in [2.45, 2.75) is 22.3 Å². The smallest absolute Gasteiger partial charge is 0.206 e. The van der Waals surface area contributed by atoms with Crippen LogP contribution in [0, 0.1) is 0 Å². The number of benzene rings is 2. The van der Waals surface area contributed by atoms with Crippen molar-refractivity contribution in [3.63, 3.8) is 0 Å². The topological polar surface area (TPSA) is 58.6 Å². The van der Waals surface area contributed by atoms with Crippen molar-refractivity contribution in [1.29, 1.82) is 0 Å². The first-order valence-corrected chi connectivity index (χ1v) is 9.69. The van der Waals surface area contributed by atoms with Gasteiger partial charge in [0.2, 0.25) is 9.84 Å². The third kappa shape index (κ3) is 2.65. The Hall–Kier alpha value is -2.05. The Balaban J connectivity index is 1.71. The van der Waals surface area contributed by atoms with E-state index in [2.05, 4.69) is 10.2 Å². The quantitative estimate of drug-likeness (QED) is 0.924. The molecule has 0 radical (unpaired) electrons. The van der Waals surface area contributed by atoms with Gasteiger partial charge in [-0.15, -0.1) is 0 Å². The van der Waals surface area contributed by atoms with Crippen LogP contribution in [0.5, 0.6) is 5.75 Å². The Morgan fingerprint density at radius 2 is 1.92 bits per heavy atom. The van der Waals surface area contributed by atoms with Gasteiger partial charge in [0, 0.05) is 18.7 Å². The van der Waals surface area contributed by atoms with Crippen LogP contribution in [0.25, 0.3) is 0 Å². The Morgan fingerprint density at radius 1 is 1.08 bits per heavy atom. The molecule has 5 nitrogen and oxygen atoms in total. The first kappa shape index (κ1) is 15.5. The monoisotopic (exact) mass is 344 g/mol. The van der Waals surface area contributed by atoms with Crippen LogP contribution in [0.4, 0.5) is 5.69 Å². The minimum absolute atomic E-state index is 0.277. The zero-order valence-electron chi connectivity index (χ0n) is 13.3. The van der Waals surface area contributed by atoms with Crippen molar-refractivity contribution in [2.24, 2.45) is 0 Å². The van der Waals surface area contributed by atoms with Crippen molar-refractivity contribution < 1.29 is 13.2 Å². The molecule has 24 heavy (non-hydrogen) atoms. The maximum Gasteiger partial charge on any atom is 0.206 e. The largest absolute Gasteiger partial charge is 0.490 e. The Labute approximate surface area is 142 Å². The van der Waals surface area contributed by atoms with Gasteiger partial charge >= 0.3 is 0 Å². The molecule has 0 unspecified atom stereocenters. The number of anilines is 1. The number of nitrogens with one attached hydrogen (secondary N) is 1. The summed E-state index contributed by atoms with van der Waals surface area (Å²) in [6.45, 7) is 3.41. The molecule has 126 valence electrons. The summed E-state index contributed by atoms with van der Waals surface area (Å²) in [7, 11) is -3.52. The van der Waals surface area contributed by atoms with E-state index in [1.807, 2.05) is 12.1 Å². The lowest BCUT2D eigenvalue weighted by Crippen LogP contribution is -2.42. The predicted octanol–water partition coefficient (Wildman–Crippen LogP) is 2.08. The van der Waals surface area contributed by atoms with Crippen molar-refractivity contribution in [3.8, 4) is 5.75 Å². The molecule has 2 aromatic carbocycles. The molecule has 1 atom stereocenters. The van der Waals surface area contributed by atoms with Crippen molar-refractivity contribution in [3.05, 3.63) is 48.5 Å². The third-order valence-electron chi connectivity index (χ3n) is 4.67. The normalized spacial score (nSPS) is 20.5. The number of ether oxygens (including phenoxy) is 1. The summed E-state index contributed by atoms with van der Waals surface area (Å²) >= 11 is 0. The van der Waals surface area contributed by atoms with Crippen LogP contribution < -0.4 is 15.0 Å². The minimum atomic E-state index is -3.52. The standard InChI is InChI=1S/C18H20N2O3S/c21-24(22,15-4-2-1-3-5-15)16-6-7-17-18(12-16)23-11-10-20(17)14-8-9-19-13-14/h1-7,12,14,19H,8-11,13H2/t14-/m1/s1. The molecule has 2 aliphatic rings. The Bertz CT molecular complexity index is 831. The van der Waals surface area contributed by atoms with Crippen LogP contribution in [-0.4, -0.2) is 40.7 Å². The number of hydrogen-bond acceptors (Lipinski definition) is 5. The number of sulfone groups is 1. The van der Waals surface area contributed by atoms with E-state index in [9.17, 15) is 8.42 Å². The first-order chi connectivity index (χ1) is 11.7. The van der Waals surface area contributed by atoms with Crippen molar-refractivity contribution in [1.82, 2.24) is 5.32 Å². The molecule has 0 spiro atoms. The highest BCUT2D eigenvalue weighted by molar-refractivity contribution is 7.91. The van der Waals surface area contributed by atoms with E-state index in [-0.39, 0.29) is 4.90 Å². The zero-order valence-corrected chi connectivity index (χ0v) is 14.1. The average molecular weight is 344 g/mol. The molecule has 0 bridgehead atoms. The van der Waals surface area contributed by atoms with Gasteiger partial charge in [0.15, 0.2) is 0 Å². The molecule has 0 amide bonds. The van der Waals surface area contributed by atoms with Gasteiger partial charge in [-0.05, 0) is 37.2 Å². The third-order valence-corrected chi connectivity index (χ3v) is 6.44. The van der Waals surface area contributed by atoms with E-state index in [1.165, 1.54) is 0 Å². The van der Waals surface area contributed by atoms with Crippen LogP contribution in [0.15, 0.2) is 58.3 Å². The summed E-state index contributed by atoms with van der Waals surface area (Å²) in [5, 5.41) is 3.38. The molecular weight excluding hydrogens is 324 g/mol. The Kier molecular flexibility index (Phi) is 3.94. The molecule has 1 fully saturated rings. The van der Waals surface area contributed by atoms with Gasteiger partial charge in [-0.3, -0.25) is 0 Å². The summed E-state index contributed by atoms with van der Waals surface area (Å²) in [5.41, 5.74) is 0.988. The molecule has 1 N–H and O–H groups in total. The van der Waals surface area contributed by atoms with Crippen LogP contribution in [0.1, 0.15) is 6.42 Å². The number of fused-ring (bicyclic) bond motifs is 1. The highest BCUT2D eigenvalue weighted by atomic mass is 32.2. The average Bonchev–Trinajstić information content (AvgIpc) is 3.16. The van der Waals surface area contributed by atoms with Crippen LogP contribution >= 0.6 is 0 Å². The fourth-order valence-electron chi connectivity index (χ4n) is 3.41. The highest BCUT2D eigenvalue weighted by Crippen LogP contribution is 2.36. The molecule has 2 aliphatic heterocycles. The van der Waals surface area contributed by atoms with Gasteiger partial charge in [0.25, 0.3) is 0 Å². The van der Waals surface area contributed by atoms with E-state index >= 15 is 0 Å². The van der Waals surface area contributed by atoms with Gasteiger partial charge in [0.05, 0.1) is 22.0 Å². The van der Waals surface area contributed by atoms with Crippen LogP contribution in [0.2, 0.25) is 0 Å². The lowest BCUT2D eigenvalue weighted by atomic mass is 10.1. The molecular formula is C18H20N2O3S. The molecule has 4 rings (SSSR count). The van der Waals surface area contributed by atoms with E-state index in [0.29, 0.717) is 23.3 Å². The van der Waals surface area contributed by atoms with E-state index in [4.69, 9.17) is 4.74 Å². The summed E-state index contributed by atoms with van der Waals surface area (Å²) in [5.74, 6) is 0.658. The van der Waals surface area contributed by atoms with E-state index in [0.717, 1.165) is 31.7 Å². The number of rotatable bonds is 3. The highest BCUT2D eigenvalue weighted by Gasteiger charge is 2.29. The van der Waals surface area contributed by atoms with Gasteiger partial charge in [0.1, 0.15) is 12.4 Å². The van der Waals surface area contributed by atoms with Crippen LogP contribution in [-0.2, 0) is 9.84 Å². The molecule has 2 aromatic rings. The second-order valence-corrected chi connectivity index (χ2v) is 8.08. The predicted molar refractivity (Wildman–Crippen MR) is 92.5 cm³/mol. The van der Waals surface area contributed by atoms with Gasteiger partial charge in [-0.2, -0.15) is 0 Å². The van der Waals surface area contributed by atoms with Gasteiger partial charge < -0.3 is 15.0 Å². The van der Waals surface area contributed by atoms with Crippen LogP contribution in [0.3, 0.4) is 0 Å². The molecule has 2 heterocycles. The minimum Gasteiger partial charge on any atom is -0.490 e. The first-order valence-electron chi connectivity index (χ1n) is 8.20.